The maximum absolute atomic E-state index is 11.1. The molecule has 1 aromatic rings. The van der Waals surface area contributed by atoms with Crippen molar-refractivity contribution in [2.75, 3.05) is 0 Å². The van der Waals surface area contributed by atoms with E-state index in [9.17, 15) is 9.59 Å². The zero-order chi connectivity index (χ0) is 14.3. The van der Waals surface area contributed by atoms with Gasteiger partial charge in [0, 0.05) is 23.4 Å². The van der Waals surface area contributed by atoms with Gasteiger partial charge in [0.25, 0.3) is 0 Å². The normalized spacial score (nSPS) is 10.1. The number of rotatable bonds is 6. The second kappa shape index (κ2) is 7.79. The molecule has 0 aliphatic rings. The summed E-state index contributed by atoms with van der Waals surface area (Å²) in [6.45, 7) is 3.82. The molecule has 0 fully saturated rings. The molecular weight excluding hydrogens is 268 g/mol. The topological polar surface area (TPSA) is 52.6 Å². The molecular formula is C14H17ClO4. The molecule has 0 heterocycles. The summed E-state index contributed by atoms with van der Waals surface area (Å²) < 4.78 is 10.0. The van der Waals surface area contributed by atoms with Gasteiger partial charge in [0.15, 0.2) is 0 Å². The van der Waals surface area contributed by atoms with E-state index in [-0.39, 0.29) is 25.2 Å². The summed E-state index contributed by atoms with van der Waals surface area (Å²) in [6.07, 6.45) is 0.682. The molecule has 1 rings (SSSR count). The summed E-state index contributed by atoms with van der Waals surface area (Å²) in [6, 6.07) is 5.27. The molecule has 19 heavy (non-hydrogen) atoms. The van der Waals surface area contributed by atoms with Crippen molar-refractivity contribution in [2.45, 2.75) is 39.9 Å². The molecule has 0 saturated carbocycles. The molecule has 4 nitrogen and oxygen atoms in total. The van der Waals surface area contributed by atoms with Gasteiger partial charge in [-0.3, -0.25) is 9.59 Å². The number of halogens is 1. The van der Waals surface area contributed by atoms with Crippen LogP contribution in [0.15, 0.2) is 18.2 Å². The monoisotopic (exact) mass is 284 g/mol. The molecule has 0 spiro atoms. The third-order valence-corrected chi connectivity index (χ3v) is 2.84. The van der Waals surface area contributed by atoms with E-state index in [0.717, 1.165) is 11.1 Å². The summed E-state index contributed by atoms with van der Waals surface area (Å²) >= 11 is 6.07. The molecule has 0 N–H and O–H groups in total. The highest BCUT2D eigenvalue weighted by atomic mass is 35.5. The fraction of sp³-hybridized carbons (Fsp3) is 0.429. The van der Waals surface area contributed by atoms with Crippen molar-refractivity contribution in [1.82, 2.24) is 0 Å². The molecule has 0 bridgehead atoms. The molecule has 5 heteroatoms. The van der Waals surface area contributed by atoms with Gasteiger partial charge >= 0.3 is 11.9 Å². The van der Waals surface area contributed by atoms with Crippen molar-refractivity contribution in [2.24, 2.45) is 0 Å². The first kappa shape index (κ1) is 15.5. The smallest absolute Gasteiger partial charge is 0.305 e. The van der Waals surface area contributed by atoms with Crippen molar-refractivity contribution < 1.29 is 19.1 Å². The lowest BCUT2D eigenvalue weighted by molar-refractivity contribution is -0.145. The summed E-state index contributed by atoms with van der Waals surface area (Å²) in [5.74, 6) is -0.519. The van der Waals surface area contributed by atoms with Gasteiger partial charge in [-0.25, -0.2) is 0 Å². The quantitative estimate of drug-likeness (QED) is 0.753. The summed E-state index contributed by atoms with van der Waals surface area (Å²) in [5, 5.41) is 0.494. The third kappa shape index (κ3) is 5.30. The molecule has 0 radical (unpaired) electrons. The van der Waals surface area contributed by atoms with E-state index in [0.29, 0.717) is 17.9 Å². The maximum atomic E-state index is 11.1. The van der Waals surface area contributed by atoms with Crippen LogP contribution in [-0.4, -0.2) is 11.9 Å². The van der Waals surface area contributed by atoms with Crippen LogP contribution in [0.25, 0.3) is 0 Å². The van der Waals surface area contributed by atoms with E-state index in [2.05, 4.69) is 0 Å². The summed E-state index contributed by atoms with van der Waals surface area (Å²) in [5.41, 5.74) is 1.53. The summed E-state index contributed by atoms with van der Waals surface area (Å²) in [7, 11) is 0. The number of carbonyl (C=O) groups excluding carboxylic acids is 2. The highest BCUT2D eigenvalue weighted by molar-refractivity contribution is 6.31. The molecule has 104 valence electrons. The largest absolute Gasteiger partial charge is 0.461 e. The van der Waals surface area contributed by atoms with Crippen molar-refractivity contribution >= 4 is 23.5 Å². The standard InChI is InChI=1S/C14H17ClO4/c1-3-13(16)18-8-10-5-6-11(12(15)7-10)9-19-14(17)4-2/h5-7H,3-4,8-9H2,1-2H3. The number of hydrogen-bond donors (Lipinski definition) is 0. The number of esters is 2. The SMILES string of the molecule is CCC(=O)OCc1ccc(COC(=O)CC)c(Cl)c1. The van der Waals surface area contributed by atoms with E-state index >= 15 is 0 Å². The minimum absolute atomic E-state index is 0.153. The van der Waals surface area contributed by atoms with Gasteiger partial charge in [0.05, 0.1) is 0 Å². The Kier molecular flexibility index (Phi) is 6.36. The van der Waals surface area contributed by atoms with Crippen molar-refractivity contribution in [3.05, 3.63) is 34.3 Å². The van der Waals surface area contributed by atoms with Crippen LogP contribution in [0.2, 0.25) is 5.02 Å². The van der Waals surface area contributed by atoms with E-state index in [4.69, 9.17) is 21.1 Å². The van der Waals surface area contributed by atoms with Crippen molar-refractivity contribution in [1.29, 1.82) is 0 Å². The Morgan fingerprint density at radius 3 is 2.16 bits per heavy atom. The van der Waals surface area contributed by atoms with Crippen LogP contribution >= 0.6 is 11.6 Å². The fourth-order valence-corrected chi connectivity index (χ4v) is 1.58. The second-order valence-electron chi connectivity index (χ2n) is 3.95. The van der Waals surface area contributed by atoms with Crippen molar-refractivity contribution in [3.63, 3.8) is 0 Å². The molecule has 0 aromatic heterocycles. The zero-order valence-electron chi connectivity index (χ0n) is 11.1. The van der Waals surface area contributed by atoms with Crippen LogP contribution in [0.5, 0.6) is 0 Å². The maximum Gasteiger partial charge on any atom is 0.305 e. The van der Waals surface area contributed by atoms with Gasteiger partial charge < -0.3 is 9.47 Å². The first-order chi connectivity index (χ1) is 9.06. The van der Waals surface area contributed by atoms with Crippen LogP contribution in [-0.2, 0) is 32.3 Å². The summed E-state index contributed by atoms with van der Waals surface area (Å²) in [4.78, 5) is 22.1. The van der Waals surface area contributed by atoms with Gasteiger partial charge in [-0.2, -0.15) is 0 Å². The van der Waals surface area contributed by atoms with Crippen LogP contribution in [0.4, 0.5) is 0 Å². The van der Waals surface area contributed by atoms with Gasteiger partial charge in [0.1, 0.15) is 13.2 Å². The minimum atomic E-state index is -0.267. The van der Waals surface area contributed by atoms with Crippen LogP contribution in [0, 0.1) is 0 Å². The second-order valence-corrected chi connectivity index (χ2v) is 4.36. The lowest BCUT2D eigenvalue weighted by Crippen LogP contribution is -2.04. The van der Waals surface area contributed by atoms with E-state index < -0.39 is 0 Å². The Labute approximate surface area is 117 Å². The number of carbonyl (C=O) groups is 2. The number of hydrogen-bond acceptors (Lipinski definition) is 4. The molecule has 0 aliphatic carbocycles. The highest BCUT2D eigenvalue weighted by Gasteiger charge is 2.06. The predicted molar refractivity (Wildman–Crippen MR) is 71.6 cm³/mol. The first-order valence-corrected chi connectivity index (χ1v) is 6.53. The predicted octanol–water partition coefficient (Wildman–Crippen LogP) is 3.25. The lowest BCUT2D eigenvalue weighted by atomic mass is 10.1. The molecule has 1 aromatic carbocycles. The zero-order valence-corrected chi connectivity index (χ0v) is 11.8. The Morgan fingerprint density at radius 1 is 1.05 bits per heavy atom. The molecule has 0 saturated heterocycles. The van der Waals surface area contributed by atoms with E-state index in [1.807, 2.05) is 0 Å². The molecule has 0 unspecified atom stereocenters. The van der Waals surface area contributed by atoms with E-state index in [1.165, 1.54) is 0 Å². The Balaban J connectivity index is 2.59. The van der Waals surface area contributed by atoms with Gasteiger partial charge in [-0.1, -0.05) is 37.6 Å². The van der Waals surface area contributed by atoms with Crippen LogP contribution < -0.4 is 0 Å². The Morgan fingerprint density at radius 2 is 1.63 bits per heavy atom. The van der Waals surface area contributed by atoms with Gasteiger partial charge in [-0.05, 0) is 11.6 Å². The lowest BCUT2D eigenvalue weighted by Gasteiger charge is -2.08. The van der Waals surface area contributed by atoms with Crippen LogP contribution in [0.1, 0.15) is 37.8 Å². The third-order valence-electron chi connectivity index (χ3n) is 2.48. The van der Waals surface area contributed by atoms with Gasteiger partial charge in [0.2, 0.25) is 0 Å². The number of benzene rings is 1. The molecule has 0 atom stereocenters. The Hall–Kier alpha value is -1.55. The van der Waals surface area contributed by atoms with Gasteiger partial charge in [-0.15, -0.1) is 0 Å². The Bertz CT molecular complexity index is 457. The number of ether oxygens (including phenoxy) is 2. The van der Waals surface area contributed by atoms with Crippen LogP contribution in [0.3, 0.4) is 0 Å². The first-order valence-electron chi connectivity index (χ1n) is 6.15. The average Bonchev–Trinajstić information content (AvgIpc) is 2.43. The minimum Gasteiger partial charge on any atom is -0.461 e. The molecule has 0 aliphatic heterocycles. The fourth-order valence-electron chi connectivity index (χ4n) is 1.32. The van der Waals surface area contributed by atoms with Crippen molar-refractivity contribution in [3.8, 4) is 0 Å². The average molecular weight is 285 g/mol. The highest BCUT2D eigenvalue weighted by Crippen LogP contribution is 2.19. The van der Waals surface area contributed by atoms with E-state index in [1.54, 1.807) is 32.0 Å². The molecule has 0 amide bonds.